The second kappa shape index (κ2) is 7.32. The summed E-state index contributed by atoms with van der Waals surface area (Å²) >= 11 is 0. The predicted octanol–water partition coefficient (Wildman–Crippen LogP) is 1.18. The molecule has 0 bridgehead atoms. The van der Waals surface area contributed by atoms with Crippen molar-refractivity contribution in [2.45, 2.75) is 19.4 Å². The minimum atomic E-state index is -3.16. The van der Waals surface area contributed by atoms with Gasteiger partial charge in [0, 0.05) is 24.2 Å². The number of benzene rings is 1. The number of para-hydroxylation sites is 1. The van der Waals surface area contributed by atoms with Gasteiger partial charge in [-0.3, -0.25) is 10.1 Å². The Balaban J connectivity index is 2.47. The molecule has 7 nitrogen and oxygen atoms in total. The van der Waals surface area contributed by atoms with Crippen molar-refractivity contribution in [3.63, 3.8) is 0 Å². The molecule has 112 valence electrons. The van der Waals surface area contributed by atoms with Crippen LogP contribution in [0.3, 0.4) is 0 Å². The van der Waals surface area contributed by atoms with Gasteiger partial charge in [0.25, 0.3) is 5.69 Å². The highest BCUT2D eigenvalue weighted by Crippen LogP contribution is 2.24. The van der Waals surface area contributed by atoms with E-state index in [0.29, 0.717) is 25.1 Å². The number of nitro groups is 1. The first-order valence-electron chi connectivity index (χ1n) is 6.22. The van der Waals surface area contributed by atoms with Crippen LogP contribution in [0.4, 0.5) is 5.69 Å². The average molecular weight is 301 g/mol. The molecule has 0 aromatic heterocycles. The molecule has 20 heavy (non-hydrogen) atoms. The van der Waals surface area contributed by atoms with Crippen LogP contribution in [0.5, 0.6) is 0 Å². The van der Waals surface area contributed by atoms with Gasteiger partial charge in [-0.05, 0) is 19.9 Å². The van der Waals surface area contributed by atoms with Gasteiger partial charge in [0.2, 0.25) is 10.0 Å². The normalized spacial score (nSPS) is 13.1. The summed E-state index contributed by atoms with van der Waals surface area (Å²) in [6.45, 7) is 2.75. The van der Waals surface area contributed by atoms with Crippen LogP contribution in [0.15, 0.2) is 24.3 Å². The topological polar surface area (TPSA) is 101 Å². The van der Waals surface area contributed by atoms with E-state index in [-0.39, 0.29) is 11.7 Å². The fourth-order valence-electron chi connectivity index (χ4n) is 1.79. The SMILES string of the molecule is CC(NCCCNS(C)(=O)=O)c1ccccc1[N+](=O)[O-]. The first kappa shape index (κ1) is 16.5. The van der Waals surface area contributed by atoms with Crippen LogP contribution in [0.25, 0.3) is 0 Å². The highest BCUT2D eigenvalue weighted by Gasteiger charge is 2.17. The zero-order valence-corrected chi connectivity index (χ0v) is 12.3. The van der Waals surface area contributed by atoms with E-state index in [4.69, 9.17) is 0 Å². The highest BCUT2D eigenvalue weighted by molar-refractivity contribution is 7.88. The van der Waals surface area contributed by atoms with E-state index in [2.05, 4.69) is 10.0 Å². The van der Waals surface area contributed by atoms with Crippen molar-refractivity contribution < 1.29 is 13.3 Å². The minimum absolute atomic E-state index is 0.0850. The number of hydrogen-bond acceptors (Lipinski definition) is 5. The van der Waals surface area contributed by atoms with Gasteiger partial charge in [-0.2, -0.15) is 0 Å². The van der Waals surface area contributed by atoms with Crippen LogP contribution in [0.1, 0.15) is 24.9 Å². The summed E-state index contributed by atoms with van der Waals surface area (Å²) in [7, 11) is -3.16. The number of sulfonamides is 1. The van der Waals surface area contributed by atoms with Crippen LogP contribution in [-0.2, 0) is 10.0 Å². The monoisotopic (exact) mass is 301 g/mol. The molecule has 0 aliphatic rings. The molecular weight excluding hydrogens is 282 g/mol. The summed E-state index contributed by atoms with van der Waals surface area (Å²) in [6.07, 6.45) is 1.72. The van der Waals surface area contributed by atoms with Crippen molar-refractivity contribution in [2.75, 3.05) is 19.3 Å². The highest BCUT2D eigenvalue weighted by atomic mass is 32.2. The van der Waals surface area contributed by atoms with Crippen LogP contribution in [-0.4, -0.2) is 32.7 Å². The first-order valence-corrected chi connectivity index (χ1v) is 8.12. The summed E-state index contributed by atoms with van der Waals surface area (Å²) in [5.74, 6) is 0. The van der Waals surface area contributed by atoms with Gasteiger partial charge in [-0.15, -0.1) is 0 Å². The lowest BCUT2D eigenvalue weighted by molar-refractivity contribution is -0.385. The molecule has 0 spiro atoms. The predicted molar refractivity (Wildman–Crippen MR) is 77.0 cm³/mol. The molecule has 0 heterocycles. The van der Waals surface area contributed by atoms with Gasteiger partial charge in [0.15, 0.2) is 0 Å². The molecule has 0 aliphatic carbocycles. The molecule has 2 N–H and O–H groups in total. The Morgan fingerprint density at radius 1 is 1.30 bits per heavy atom. The zero-order chi connectivity index (χ0) is 15.2. The molecule has 0 fully saturated rings. The van der Waals surface area contributed by atoms with E-state index in [9.17, 15) is 18.5 Å². The van der Waals surface area contributed by atoms with Crippen molar-refractivity contribution in [1.29, 1.82) is 0 Å². The second-order valence-electron chi connectivity index (χ2n) is 4.51. The van der Waals surface area contributed by atoms with Crippen LogP contribution in [0.2, 0.25) is 0 Å². The van der Waals surface area contributed by atoms with Gasteiger partial charge in [0.1, 0.15) is 0 Å². The van der Waals surface area contributed by atoms with E-state index >= 15 is 0 Å². The van der Waals surface area contributed by atoms with Gasteiger partial charge < -0.3 is 5.32 Å². The van der Waals surface area contributed by atoms with E-state index in [0.717, 1.165) is 6.26 Å². The lowest BCUT2D eigenvalue weighted by atomic mass is 10.1. The third-order valence-corrected chi connectivity index (χ3v) is 3.50. The molecule has 1 atom stereocenters. The molecule has 0 saturated heterocycles. The maximum atomic E-state index is 10.9. The van der Waals surface area contributed by atoms with Crippen molar-refractivity contribution in [1.82, 2.24) is 10.0 Å². The van der Waals surface area contributed by atoms with Gasteiger partial charge >= 0.3 is 0 Å². The van der Waals surface area contributed by atoms with Gasteiger partial charge in [0.05, 0.1) is 11.2 Å². The number of nitrogens with one attached hydrogen (secondary N) is 2. The Morgan fingerprint density at radius 3 is 2.55 bits per heavy atom. The van der Waals surface area contributed by atoms with Crippen LogP contribution >= 0.6 is 0 Å². The zero-order valence-electron chi connectivity index (χ0n) is 11.5. The average Bonchev–Trinajstić information content (AvgIpc) is 2.36. The fourth-order valence-corrected chi connectivity index (χ4v) is 2.31. The quantitative estimate of drug-likeness (QED) is 0.426. The number of hydrogen-bond donors (Lipinski definition) is 2. The maximum Gasteiger partial charge on any atom is 0.274 e. The van der Waals surface area contributed by atoms with Crippen molar-refractivity contribution >= 4 is 15.7 Å². The molecule has 1 rings (SSSR count). The van der Waals surface area contributed by atoms with Crippen molar-refractivity contribution in [3.05, 3.63) is 39.9 Å². The summed E-state index contributed by atoms with van der Waals surface area (Å²) in [4.78, 5) is 10.5. The van der Waals surface area contributed by atoms with E-state index < -0.39 is 14.9 Å². The molecule has 1 unspecified atom stereocenters. The molecule has 0 amide bonds. The molecule has 8 heteroatoms. The van der Waals surface area contributed by atoms with E-state index in [1.807, 2.05) is 6.92 Å². The van der Waals surface area contributed by atoms with Gasteiger partial charge in [-0.1, -0.05) is 18.2 Å². The third-order valence-electron chi connectivity index (χ3n) is 2.77. The molecule has 0 radical (unpaired) electrons. The molecule has 1 aromatic rings. The minimum Gasteiger partial charge on any atom is -0.310 e. The number of rotatable bonds is 8. The molecule has 0 saturated carbocycles. The summed E-state index contributed by atoms with van der Waals surface area (Å²) in [5, 5.41) is 14.1. The fraction of sp³-hybridized carbons (Fsp3) is 0.500. The Labute approximate surface area is 118 Å². The smallest absolute Gasteiger partial charge is 0.274 e. The lowest BCUT2D eigenvalue weighted by Crippen LogP contribution is -2.27. The lowest BCUT2D eigenvalue weighted by Gasteiger charge is -2.14. The summed E-state index contributed by atoms with van der Waals surface area (Å²) in [5.41, 5.74) is 0.704. The third kappa shape index (κ3) is 5.64. The van der Waals surface area contributed by atoms with Crippen molar-refractivity contribution in [3.8, 4) is 0 Å². The number of nitro benzene ring substituents is 1. The second-order valence-corrected chi connectivity index (χ2v) is 6.34. The Hall–Kier alpha value is -1.51. The largest absolute Gasteiger partial charge is 0.310 e. The summed E-state index contributed by atoms with van der Waals surface area (Å²) in [6, 6.07) is 6.40. The Bertz CT molecular complexity index is 560. The standard InChI is InChI=1S/C12H19N3O4S/c1-10(13-8-5-9-14-20(2,18)19)11-6-3-4-7-12(11)15(16)17/h3-4,6-7,10,13-14H,5,8-9H2,1-2H3. The van der Waals surface area contributed by atoms with E-state index in [1.54, 1.807) is 18.2 Å². The van der Waals surface area contributed by atoms with Crippen LogP contribution < -0.4 is 10.0 Å². The molecular formula is C12H19N3O4S. The number of nitrogens with zero attached hydrogens (tertiary/aromatic N) is 1. The van der Waals surface area contributed by atoms with Crippen LogP contribution in [0, 0.1) is 10.1 Å². The molecule has 0 aliphatic heterocycles. The summed E-state index contributed by atoms with van der Waals surface area (Å²) < 4.78 is 24.1. The van der Waals surface area contributed by atoms with Crippen molar-refractivity contribution in [2.24, 2.45) is 0 Å². The molecule has 1 aromatic carbocycles. The van der Waals surface area contributed by atoms with Gasteiger partial charge in [-0.25, -0.2) is 13.1 Å². The van der Waals surface area contributed by atoms with E-state index in [1.165, 1.54) is 6.07 Å². The first-order chi connectivity index (χ1) is 9.31. The Morgan fingerprint density at radius 2 is 1.95 bits per heavy atom. The maximum absolute atomic E-state index is 10.9. The Kier molecular flexibility index (Phi) is 6.05.